The van der Waals surface area contributed by atoms with E-state index in [4.69, 9.17) is 4.74 Å². The number of rotatable bonds is 5. The number of anilines is 1. The van der Waals surface area contributed by atoms with Crippen LogP contribution in [0.5, 0.6) is 0 Å². The summed E-state index contributed by atoms with van der Waals surface area (Å²) in [5, 5.41) is 3.60. The van der Waals surface area contributed by atoms with Crippen molar-refractivity contribution < 1.29 is 4.74 Å². The number of aliphatic imine (C=N–C) groups is 1. The molecule has 4 rings (SSSR count). The molecule has 2 aromatic rings. The smallest absolute Gasteiger partial charge is 0.194 e. The van der Waals surface area contributed by atoms with Crippen LogP contribution in [0.1, 0.15) is 25.0 Å². The van der Waals surface area contributed by atoms with Crippen molar-refractivity contribution in [3.05, 3.63) is 59.8 Å². The highest BCUT2D eigenvalue weighted by Gasteiger charge is 2.23. The van der Waals surface area contributed by atoms with Gasteiger partial charge in [-0.2, -0.15) is 0 Å². The molecule has 2 saturated heterocycles. The number of aromatic nitrogens is 1. The lowest BCUT2D eigenvalue weighted by atomic mass is 10.1. The van der Waals surface area contributed by atoms with E-state index < -0.39 is 0 Å². The molecule has 32 heavy (non-hydrogen) atoms. The van der Waals surface area contributed by atoms with Gasteiger partial charge in [-0.1, -0.05) is 30.3 Å². The minimum atomic E-state index is 0.285. The van der Waals surface area contributed by atoms with E-state index in [-0.39, 0.29) is 12.2 Å². The highest BCUT2D eigenvalue weighted by Crippen LogP contribution is 2.17. The van der Waals surface area contributed by atoms with Crippen LogP contribution in [0, 0.1) is 0 Å². The first-order valence-corrected chi connectivity index (χ1v) is 11.7. The maximum atomic E-state index is 5.90. The fraction of sp³-hybridized carbons (Fsp3) is 0.520. The van der Waals surface area contributed by atoms with Crippen molar-refractivity contribution >= 4 is 11.8 Å². The zero-order valence-electron chi connectivity index (χ0n) is 19.6. The molecule has 0 saturated carbocycles. The molecule has 0 aliphatic carbocycles. The minimum Gasteiger partial charge on any atom is -0.373 e. The van der Waals surface area contributed by atoms with Crippen molar-refractivity contribution in [2.45, 2.75) is 39.1 Å². The molecule has 2 atom stereocenters. The first-order valence-electron chi connectivity index (χ1n) is 11.7. The first kappa shape index (κ1) is 22.6. The van der Waals surface area contributed by atoms with Gasteiger partial charge in [0.2, 0.25) is 0 Å². The molecule has 7 heteroatoms. The van der Waals surface area contributed by atoms with E-state index in [2.05, 4.69) is 74.2 Å². The Kier molecular flexibility index (Phi) is 7.60. The van der Waals surface area contributed by atoms with Gasteiger partial charge in [0.1, 0.15) is 5.82 Å². The van der Waals surface area contributed by atoms with Gasteiger partial charge in [-0.3, -0.25) is 9.89 Å². The molecular weight excluding hydrogens is 400 g/mol. The van der Waals surface area contributed by atoms with Crippen LogP contribution in [0.3, 0.4) is 0 Å². The predicted octanol–water partition coefficient (Wildman–Crippen LogP) is 2.59. The second kappa shape index (κ2) is 10.8. The fourth-order valence-electron chi connectivity index (χ4n) is 4.73. The second-order valence-electron chi connectivity index (χ2n) is 8.78. The number of benzene rings is 1. The number of pyridine rings is 1. The second-order valence-corrected chi connectivity index (χ2v) is 8.78. The Balaban J connectivity index is 1.33. The van der Waals surface area contributed by atoms with E-state index in [1.165, 1.54) is 11.1 Å². The average molecular weight is 437 g/mol. The molecule has 0 radical (unpaired) electrons. The lowest BCUT2D eigenvalue weighted by Crippen LogP contribution is -2.52. The molecular formula is C25H36N6O. The zero-order valence-corrected chi connectivity index (χ0v) is 19.6. The molecule has 2 aliphatic heterocycles. The van der Waals surface area contributed by atoms with E-state index in [0.29, 0.717) is 0 Å². The van der Waals surface area contributed by atoms with Gasteiger partial charge in [-0.25, -0.2) is 4.98 Å². The molecule has 2 aliphatic rings. The molecule has 0 bridgehead atoms. The Morgan fingerprint density at radius 2 is 1.69 bits per heavy atom. The van der Waals surface area contributed by atoms with Crippen molar-refractivity contribution in [1.82, 2.24) is 20.1 Å². The van der Waals surface area contributed by atoms with Gasteiger partial charge in [0.05, 0.1) is 12.2 Å². The molecule has 2 unspecified atom stereocenters. The summed E-state index contributed by atoms with van der Waals surface area (Å²) < 4.78 is 5.90. The topological polar surface area (TPSA) is 56.2 Å². The third-order valence-corrected chi connectivity index (χ3v) is 6.21. The van der Waals surface area contributed by atoms with E-state index in [1.807, 2.05) is 25.4 Å². The maximum absolute atomic E-state index is 5.90. The summed E-state index contributed by atoms with van der Waals surface area (Å²) in [5.41, 5.74) is 2.70. The lowest BCUT2D eigenvalue weighted by molar-refractivity contribution is -0.0705. The quantitative estimate of drug-likeness (QED) is 0.574. The Labute approximate surface area is 192 Å². The Morgan fingerprint density at radius 3 is 2.34 bits per heavy atom. The van der Waals surface area contributed by atoms with Crippen LogP contribution in [0.25, 0.3) is 0 Å². The number of morpholine rings is 1. The van der Waals surface area contributed by atoms with Crippen LogP contribution in [0.2, 0.25) is 0 Å². The predicted molar refractivity (Wildman–Crippen MR) is 130 cm³/mol. The summed E-state index contributed by atoms with van der Waals surface area (Å²) in [6, 6.07) is 14.8. The third-order valence-electron chi connectivity index (χ3n) is 6.21. The normalized spacial score (nSPS) is 22.8. The highest BCUT2D eigenvalue weighted by molar-refractivity contribution is 5.80. The number of ether oxygens (including phenoxy) is 1. The van der Waals surface area contributed by atoms with E-state index in [9.17, 15) is 0 Å². The van der Waals surface area contributed by atoms with Crippen LogP contribution < -0.4 is 10.2 Å². The maximum Gasteiger partial charge on any atom is 0.194 e. The summed E-state index contributed by atoms with van der Waals surface area (Å²) in [4.78, 5) is 16.2. The van der Waals surface area contributed by atoms with E-state index in [1.54, 1.807) is 0 Å². The number of hydrogen-bond donors (Lipinski definition) is 1. The minimum absolute atomic E-state index is 0.285. The molecule has 0 amide bonds. The number of hydrogen-bond acceptors (Lipinski definition) is 5. The summed E-state index contributed by atoms with van der Waals surface area (Å²) in [5.74, 6) is 2.02. The van der Waals surface area contributed by atoms with Crippen LogP contribution >= 0.6 is 0 Å². The number of guanidine groups is 1. The molecule has 1 aromatic heterocycles. The molecule has 1 N–H and O–H groups in total. The lowest BCUT2D eigenvalue weighted by Gasteiger charge is -2.37. The van der Waals surface area contributed by atoms with Crippen LogP contribution in [0.4, 0.5) is 5.82 Å². The molecule has 1 aromatic carbocycles. The van der Waals surface area contributed by atoms with Gasteiger partial charge < -0.3 is 19.9 Å². The largest absolute Gasteiger partial charge is 0.373 e. The highest BCUT2D eigenvalue weighted by atomic mass is 16.5. The Morgan fingerprint density at radius 1 is 1.00 bits per heavy atom. The fourth-order valence-corrected chi connectivity index (χ4v) is 4.73. The third kappa shape index (κ3) is 5.78. The Bertz CT molecular complexity index is 871. The van der Waals surface area contributed by atoms with Crippen molar-refractivity contribution in [1.29, 1.82) is 0 Å². The van der Waals surface area contributed by atoms with Crippen molar-refractivity contribution in [2.24, 2.45) is 4.99 Å². The number of piperazine rings is 1. The van der Waals surface area contributed by atoms with Crippen molar-refractivity contribution in [3.8, 4) is 0 Å². The summed E-state index contributed by atoms with van der Waals surface area (Å²) in [6.45, 7) is 11.8. The summed E-state index contributed by atoms with van der Waals surface area (Å²) >= 11 is 0. The number of nitrogens with one attached hydrogen (secondary N) is 1. The molecule has 7 nitrogen and oxygen atoms in total. The summed E-state index contributed by atoms with van der Waals surface area (Å²) in [6.07, 6.45) is 2.43. The SMILES string of the molecule is CN=C(NCc1ccccc1CN1CC(C)OC(C)C1)N1CCN(c2ccccn2)CC1. The zero-order chi connectivity index (χ0) is 22.3. The van der Waals surface area contributed by atoms with Gasteiger partial charge in [0.25, 0.3) is 0 Å². The standard InChI is InChI=1S/C25H36N6O/c1-20-17-29(18-21(2)32-20)19-23-9-5-4-8-22(23)16-28-25(26-3)31-14-12-30(13-15-31)24-10-6-7-11-27-24/h4-11,20-21H,12-19H2,1-3H3,(H,26,28). The van der Waals surface area contributed by atoms with Gasteiger partial charge in [-0.05, 0) is 37.1 Å². The molecule has 0 spiro atoms. The monoisotopic (exact) mass is 436 g/mol. The average Bonchev–Trinajstić information content (AvgIpc) is 2.81. The van der Waals surface area contributed by atoms with Gasteiger partial charge in [-0.15, -0.1) is 0 Å². The molecule has 2 fully saturated rings. The van der Waals surface area contributed by atoms with Crippen LogP contribution in [-0.4, -0.2) is 79.3 Å². The van der Waals surface area contributed by atoms with Gasteiger partial charge in [0.15, 0.2) is 5.96 Å². The molecule has 172 valence electrons. The molecule has 3 heterocycles. The van der Waals surface area contributed by atoms with E-state index >= 15 is 0 Å². The van der Waals surface area contributed by atoms with Crippen molar-refractivity contribution in [2.75, 3.05) is 51.2 Å². The number of nitrogens with zero attached hydrogens (tertiary/aromatic N) is 5. The van der Waals surface area contributed by atoms with Gasteiger partial charge in [0, 0.05) is 65.6 Å². The summed E-state index contributed by atoms with van der Waals surface area (Å²) in [7, 11) is 1.87. The van der Waals surface area contributed by atoms with Crippen LogP contribution in [-0.2, 0) is 17.8 Å². The van der Waals surface area contributed by atoms with E-state index in [0.717, 1.165) is 64.1 Å². The Hall–Kier alpha value is -2.64. The van der Waals surface area contributed by atoms with Crippen LogP contribution in [0.15, 0.2) is 53.7 Å². The van der Waals surface area contributed by atoms with Crippen molar-refractivity contribution in [3.63, 3.8) is 0 Å². The van der Waals surface area contributed by atoms with Gasteiger partial charge >= 0.3 is 0 Å². The first-order chi connectivity index (χ1) is 15.6.